The van der Waals surface area contributed by atoms with Gasteiger partial charge in [0.25, 0.3) is 0 Å². The van der Waals surface area contributed by atoms with E-state index in [1.165, 1.54) is 31.5 Å². The molecule has 0 fully saturated rings. The number of nitrogens with one attached hydrogen (secondary N) is 1. The van der Waals surface area contributed by atoms with Gasteiger partial charge in [-0.3, -0.25) is 0 Å². The summed E-state index contributed by atoms with van der Waals surface area (Å²) in [5, 5.41) is 13.1. The molecule has 1 aromatic carbocycles. The fraction of sp³-hybridized carbons (Fsp3) is 0.435. The van der Waals surface area contributed by atoms with E-state index in [1.807, 2.05) is 27.7 Å². The summed E-state index contributed by atoms with van der Waals surface area (Å²) < 4.78 is 24.3. The first kappa shape index (κ1) is 24.5. The van der Waals surface area contributed by atoms with Crippen molar-refractivity contribution in [2.75, 3.05) is 7.11 Å². The largest absolute Gasteiger partial charge is 0.503 e. The lowest BCUT2D eigenvalue weighted by molar-refractivity contribution is -0.151. The lowest BCUT2D eigenvalue weighted by Crippen LogP contribution is -2.41. The van der Waals surface area contributed by atoms with Crippen LogP contribution in [0.15, 0.2) is 30.5 Å². The van der Waals surface area contributed by atoms with Crippen molar-refractivity contribution in [3.63, 3.8) is 0 Å². The van der Waals surface area contributed by atoms with Gasteiger partial charge in [0.05, 0.1) is 7.11 Å². The van der Waals surface area contributed by atoms with Crippen LogP contribution in [0.2, 0.25) is 0 Å². The number of hydrogen-bond acceptors (Lipinski definition) is 6. The second kappa shape index (κ2) is 10.5. The van der Waals surface area contributed by atoms with Gasteiger partial charge in [-0.1, -0.05) is 32.1 Å². The van der Waals surface area contributed by atoms with Gasteiger partial charge in [-0.15, -0.1) is 0 Å². The van der Waals surface area contributed by atoms with Crippen LogP contribution in [0, 0.1) is 18.7 Å². The molecule has 31 heavy (non-hydrogen) atoms. The van der Waals surface area contributed by atoms with Crippen LogP contribution in [0.1, 0.15) is 50.4 Å². The van der Waals surface area contributed by atoms with E-state index in [9.17, 15) is 14.3 Å². The monoisotopic (exact) mass is 448 g/mol. The first-order valence-electron chi connectivity index (χ1n) is 10.1. The normalized spacial score (nSPS) is 13.9. The van der Waals surface area contributed by atoms with Crippen LogP contribution in [0.25, 0.3) is 0 Å². The summed E-state index contributed by atoms with van der Waals surface area (Å²) in [5.74, 6) is -0.714. The number of aromatic nitrogens is 1. The fourth-order valence-corrected chi connectivity index (χ4v) is 3.94. The highest BCUT2D eigenvalue weighted by molar-refractivity contribution is 7.80. The van der Waals surface area contributed by atoms with E-state index in [2.05, 4.69) is 10.3 Å². The summed E-state index contributed by atoms with van der Waals surface area (Å²) in [4.78, 5) is 16.9. The summed E-state index contributed by atoms with van der Waals surface area (Å²) in [7, 11) is 1.42. The zero-order chi connectivity index (χ0) is 23.3. The van der Waals surface area contributed by atoms with Gasteiger partial charge in [-0.05, 0) is 49.9 Å². The van der Waals surface area contributed by atoms with Crippen LogP contribution in [0.4, 0.5) is 4.39 Å². The number of benzene rings is 1. The molecule has 2 N–H and O–H groups in total. The van der Waals surface area contributed by atoms with E-state index in [1.54, 1.807) is 13.0 Å². The predicted octanol–water partition coefficient (Wildman–Crippen LogP) is 4.27. The number of hydrogen-bond donors (Lipinski definition) is 2. The molecule has 1 aromatic heterocycles. The van der Waals surface area contributed by atoms with Gasteiger partial charge in [-0.25, -0.2) is 14.2 Å². The zero-order valence-electron chi connectivity index (χ0n) is 18.6. The Labute approximate surface area is 187 Å². The topological polar surface area (TPSA) is 80.7 Å². The molecule has 0 saturated heterocycles. The Bertz CT molecular complexity index is 951. The van der Waals surface area contributed by atoms with Crippen molar-refractivity contribution < 1.29 is 23.8 Å². The molecule has 0 spiro atoms. The highest BCUT2D eigenvalue weighted by atomic mass is 32.1. The van der Waals surface area contributed by atoms with Crippen LogP contribution in [-0.2, 0) is 9.53 Å². The summed E-state index contributed by atoms with van der Waals surface area (Å²) in [6.45, 7) is 9.36. The number of aryl methyl sites for hydroxylation is 1. The van der Waals surface area contributed by atoms with Crippen LogP contribution < -0.4 is 10.1 Å². The minimum atomic E-state index is -0.774. The Morgan fingerprint density at radius 2 is 1.90 bits per heavy atom. The van der Waals surface area contributed by atoms with Crippen LogP contribution >= 0.6 is 12.2 Å². The minimum Gasteiger partial charge on any atom is -0.503 e. The molecule has 0 amide bonds. The molecule has 0 radical (unpaired) electrons. The maximum Gasteiger partial charge on any atom is 0.328 e. The number of halogens is 1. The summed E-state index contributed by atoms with van der Waals surface area (Å²) in [6, 6.07) is 5.38. The van der Waals surface area contributed by atoms with E-state index in [4.69, 9.17) is 21.7 Å². The molecule has 2 aromatic rings. The van der Waals surface area contributed by atoms with Crippen LogP contribution in [0.5, 0.6) is 11.5 Å². The Morgan fingerprint density at radius 1 is 1.23 bits per heavy atom. The van der Waals surface area contributed by atoms with E-state index >= 15 is 0 Å². The van der Waals surface area contributed by atoms with Gasteiger partial charge in [0.15, 0.2) is 11.5 Å². The van der Waals surface area contributed by atoms with Crippen molar-refractivity contribution in [2.45, 2.75) is 52.7 Å². The molecule has 2 rings (SSSR count). The van der Waals surface area contributed by atoms with Crippen molar-refractivity contribution in [1.82, 2.24) is 10.3 Å². The molecule has 8 heteroatoms. The summed E-state index contributed by atoms with van der Waals surface area (Å²) >= 11 is 5.29. The first-order valence-corrected chi connectivity index (χ1v) is 10.5. The third kappa shape index (κ3) is 5.91. The lowest BCUT2D eigenvalue weighted by atomic mass is 9.82. The fourth-order valence-electron chi connectivity index (χ4n) is 3.62. The Kier molecular flexibility index (Phi) is 8.33. The lowest BCUT2D eigenvalue weighted by Gasteiger charge is -2.30. The maximum absolute atomic E-state index is 13.5. The third-order valence-electron chi connectivity index (χ3n) is 5.14. The summed E-state index contributed by atoms with van der Waals surface area (Å²) in [6.07, 6.45) is 1.00. The number of aromatic hydroxyl groups is 1. The van der Waals surface area contributed by atoms with Gasteiger partial charge in [0.1, 0.15) is 28.6 Å². The van der Waals surface area contributed by atoms with E-state index in [-0.39, 0.29) is 39.8 Å². The van der Waals surface area contributed by atoms with Crippen molar-refractivity contribution in [2.24, 2.45) is 5.92 Å². The molecule has 0 aliphatic carbocycles. The molecule has 0 saturated carbocycles. The Hall–Kier alpha value is -2.74. The first-order chi connectivity index (χ1) is 14.6. The Balaban J connectivity index is 2.11. The van der Waals surface area contributed by atoms with Gasteiger partial charge in [0, 0.05) is 18.2 Å². The molecule has 0 aliphatic heterocycles. The molecule has 6 nitrogen and oxygen atoms in total. The molecule has 0 aliphatic rings. The number of carbonyl (C=O) groups excluding carboxylic acids is 1. The molecule has 0 bridgehead atoms. The summed E-state index contributed by atoms with van der Waals surface area (Å²) in [5.41, 5.74) is 1.87. The second-order valence-electron chi connectivity index (χ2n) is 7.82. The zero-order valence-corrected chi connectivity index (χ0v) is 19.4. The number of thiocarbonyl (C=S) groups is 1. The Morgan fingerprint density at radius 3 is 2.48 bits per heavy atom. The number of pyridine rings is 1. The number of methoxy groups -OCH3 is 1. The number of esters is 1. The molecule has 0 unspecified atom stereocenters. The van der Waals surface area contributed by atoms with Gasteiger partial charge >= 0.3 is 5.97 Å². The smallest absolute Gasteiger partial charge is 0.328 e. The number of carbonyl (C=O) groups is 1. The van der Waals surface area contributed by atoms with Crippen molar-refractivity contribution in [3.8, 4) is 11.5 Å². The van der Waals surface area contributed by atoms with Gasteiger partial charge in [0.2, 0.25) is 0 Å². The third-order valence-corrected chi connectivity index (χ3v) is 5.45. The van der Waals surface area contributed by atoms with Crippen LogP contribution in [0.3, 0.4) is 0 Å². The average Bonchev–Trinajstić information content (AvgIpc) is 2.69. The predicted molar refractivity (Wildman–Crippen MR) is 121 cm³/mol. The van der Waals surface area contributed by atoms with E-state index in [0.717, 1.165) is 11.1 Å². The quantitative estimate of drug-likeness (QED) is 0.461. The van der Waals surface area contributed by atoms with Crippen molar-refractivity contribution in [1.29, 1.82) is 0 Å². The molecule has 168 valence electrons. The number of nitrogens with zero attached hydrogens (tertiary/aromatic N) is 1. The highest BCUT2D eigenvalue weighted by Gasteiger charge is 2.29. The number of ether oxygens (including phenoxy) is 2. The molecular formula is C23H29FN2O4S. The highest BCUT2D eigenvalue weighted by Crippen LogP contribution is 2.32. The number of rotatable bonds is 8. The molecule has 1 heterocycles. The van der Waals surface area contributed by atoms with Gasteiger partial charge < -0.3 is 19.9 Å². The van der Waals surface area contributed by atoms with Crippen molar-refractivity contribution in [3.05, 3.63) is 53.1 Å². The molecule has 3 atom stereocenters. The second-order valence-corrected chi connectivity index (χ2v) is 8.23. The maximum atomic E-state index is 13.5. The average molecular weight is 449 g/mol. The van der Waals surface area contributed by atoms with E-state index < -0.39 is 18.1 Å². The van der Waals surface area contributed by atoms with E-state index in [0.29, 0.717) is 0 Å². The minimum absolute atomic E-state index is 0.100. The SMILES string of the molecule is COc1ccnc(C(=S)N[C@@H](C)C(=O)O[C@@H](C)[C@H](c2ccc(F)cc2C)C(C)C)c1O. The molecular weight excluding hydrogens is 419 g/mol. The van der Waals surface area contributed by atoms with Crippen molar-refractivity contribution >= 4 is 23.2 Å². The standard InChI is InChI=1S/C23H29FN2O4S/c1-12(2)19(17-8-7-16(24)11-13(17)3)15(5)30-23(28)14(4)26-22(31)20-21(27)18(29-6)9-10-25-20/h7-12,14-15,19,27H,1-6H3,(H,26,31)/t14-,15-,19+/m0/s1. The van der Waals surface area contributed by atoms with Gasteiger partial charge in [-0.2, -0.15) is 0 Å². The van der Waals surface area contributed by atoms with Crippen LogP contribution in [-0.4, -0.2) is 40.3 Å².